The molecule has 0 unspecified atom stereocenters. The van der Waals surface area contributed by atoms with Gasteiger partial charge in [0.2, 0.25) is 0 Å². The highest BCUT2D eigenvalue weighted by molar-refractivity contribution is 14.1. The Bertz CT molecular complexity index is 135. The van der Waals surface area contributed by atoms with Crippen LogP contribution in [-0.2, 0) is 14.2 Å². The first kappa shape index (κ1) is 12.7. The van der Waals surface area contributed by atoms with Gasteiger partial charge in [-0.3, -0.25) is 0 Å². The zero-order valence-corrected chi connectivity index (χ0v) is 10.9. The highest BCUT2D eigenvalue weighted by atomic mass is 127. The SMILES string of the molecule is CC1COC(CCOCCCI)OC1. The van der Waals surface area contributed by atoms with Gasteiger partial charge < -0.3 is 14.2 Å². The van der Waals surface area contributed by atoms with Crippen LogP contribution < -0.4 is 0 Å². The van der Waals surface area contributed by atoms with Crippen molar-refractivity contribution >= 4 is 22.6 Å². The highest BCUT2D eigenvalue weighted by Gasteiger charge is 2.18. The average molecular weight is 314 g/mol. The summed E-state index contributed by atoms with van der Waals surface area (Å²) in [7, 11) is 0. The minimum absolute atomic E-state index is 0.0363. The Morgan fingerprint density at radius 3 is 2.64 bits per heavy atom. The molecule has 1 saturated heterocycles. The van der Waals surface area contributed by atoms with Gasteiger partial charge in [-0.05, 0) is 6.42 Å². The van der Waals surface area contributed by atoms with E-state index in [9.17, 15) is 0 Å². The van der Waals surface area contributed by atoms with E-state index < -0.39 is 0 Å². The van der Waals surface area contributed by atoms with Crippen molar-refractivity contribution in [2.45, 2.75) is 26.1 Å². The molecule has 1 heterocycles. The van der Waals surface area contributed by atoms with Crippen LogP contribution in [0.2, 0.25) is 0 Å². The summed E-state index contributed by atoms with van der Waals surface area (Å²) in [6.07, 6.45) is 1.95. The van der Waals surface area contributed by atoms with Crippen molar-refractivity contribution in [1.29, 1.82) is 0 Å². The molecule has 0 bridgehead atoms. The molecule has 0 aromatic rings. The van der Waals surface area contributed by atoms with Crippen LogP contribution in [0.15, 0.2) is 0 Å². The lowest BCUT2D eigenvalue weighted by molar-refractivity contribution is -0.204. The first-order valence-corrected chi connectivity index (χ1v) is 6.72. The predicted octanol–water partition coefficient (Wildman–Crippen LogP) is 2.23. The van der Waals surface area contributed by atoms with Crippen molar-refractivity contribution in [3.8, 4) is 0 Å². The third kappa shape index (κ3) is 5.48. The van der Waals surface area contributed by atoms with Gasteiger partial charge in [0.15, 0.2) is 6.29 Å². The maximum atomic E-state index is 5.49. The summed E-state index contributed by atoms with van der Waals surface area (Å²) in [4.78, 5) is 0. The Balaban J connectivity index is 1.91. The quantitative estimate of drug-likeness (QED) is 0.427. The molecule has 1 fully saturated rings. The molecule has 84 valence electrons. The first-order chi connectivity index (χ1) is 6.83. The van der Waals surface area contributed by atoms with E-state index >= 15 is 0 Å². The molecule has 0 atom stereocenters. The fourth-order valence-electron chi connectivity index (χ4n) is 1.24. The summed E-state index contributed by atoms with van der Waals surface area (Å²) in [5, 5.41) is 0. The molecular weight excluding hydrogens is 295 g/mol. The number of halogens is 1. The van der Waals surface area contributed by atoms with Crippen LogP contribution in [0.4, 0.5) is 0 Å². The Morgan fingerprint density at radius 1 is 1.29 bits per heavy atom. The predicted molar refractivity (Wildman–Crippen MR) is 63.8 cm³/mol. The van der Waals surface area contributed by atoms with Gasteiger partial charge in [0, 0.05) is 23.4 Å². The molecule has 0 aromatic heterocycles. The van der Waals surface area contributed by atoms with E-state index in [0.29, 0.717) is 5.92 Å². The standard InChI is InChI=1S/C10H19IO3/c1-9-7-13-10(14-8-9)3-6-12-5-2-4-11/h9-10H,2-8H2,1H3. The molecule has 0 N–H and O–H groups in total. The molecule has 1 rings (SSSR count). The molecule has 0 spiro atoms. The maximum Gasteiger partial charge on any atom is 0.159 e. The second kappa shape index (κ2) is 7.84. The number of alkyl halides is 1. The maximum absolute atomic E-state index is 5.49. The summed E-state index contributed by atoms with van der Waals surface area (Å²) in [5.41, 5.74) is 0. The fourth-order valence-corrected chi connectivity index (χ4v) is 1.56. The summed E-state index contributed by atoms with van der Waals surface area (Å²) in [6, 6.07) is 0. The van der Waals surface area contributed by atoms with Crippen LogP contribution in [0.5, 0.6) is 0 Å². The van der Waals surface area contributed by atoms with Crippen molar-refractivity contribution in [3.05, 3.63) is 0 Å². The topological polar surface area (TPSA) is 27.7 Å². The molecule has 0 radical (unpaired) electrons. The average Bonchev–Trinajstić information content (AvgIpc) is 2.21. The third-order valence-electron chi connectivity index (χ3n) is 2.05. The van der Waals surface area contributed by atoms with Gasteiger partial charge >= 0.3 is 0 Å². The van der Waals surface area contributed by atoms with Gasteiger partial charge in [-0.15, -0.1) is 0 Å². The van der Waals surface area contributed by atoms with Gasteiger partial charge in [0.1, 0.15) is 0 Å². The Hall–Kier alpha value is 0.610. The van der Waals surface area contributed by atoms with E-state index in [4.69, 9.17) is 14.2 Å². The van der Waals surface area contributed by atoms with Gasteiger partial charge in [0.05, 0.1) is 19.8 Å². The number of hydrogen-bond donors (Lipinski definition) is 0. The van der Waals surface area contributed by atoms with E-state index in [-0.39, 0.29) is 6.29 Å². The number of rotatable bonds is 6. The van der Waals surface area contributed by atoms with Crippen molar-refractivity contribution in [2.75, 3.05) is 30.9 Å². The molecule has 1 aliphatic heterocycles. The molecule has 4 heteroatoms. The second-order valence-corrected chi connectivity index (χ2v) is 4.72. The van der Waals surface area contributed by atoms with Gasteiger partial charge in [-0.25, -0.2) is 0 Å². The Kier molecular flexibility index (Phi) is 7.10. The lowest BCUT2D eigenvalue weighted by Crippen LogP contribution is -2.31. The van der Waals surface area contributed by atoms with Gasteiger partial charge in [0.25, 0.3) is 0 Å². The summed E-state index contributed by atoms with van der Waals surface area (Å²) in [5.74, 6) is 0.534. The van der Waals surface area contributed by atoms with Crippen LogP contribution in [-0.4, -0.2) is 37.1 Å². The van der Waals surface area contributed by atoms with Crippen molar-refractivity contribution in [2.24, 2.45) is 5.92 Å². The summed E-state index contributed by atoms with van der Waals surface area (Å²) >= 11 is 2.36. The van der Waals surface area contributed by atoms with Crippen LogP contribution in [0.25, 0.3) is 0 Å². The molecule has 0 aromatic carbocycles. The van der Waals surface area contributed by atoms with E-state index in [2.05, 4.69) is 29.5 Å². The number of hydrogen-bond acceptors (Lipinski definition) is 3. The molecule has 1 aliphatic rings. The molecule has 0 aliphatic carbocycles. The molecular formula is C10H19IO3. The minimum atomic E-state index is -0.0363. The van der Waals surface area contributed by atoms with Crippen LogP contribution in [0.1, 0.15) is 19.8 Å². The fraction of sp³-hybridized carbons (Fsp3) is 1.00. The van der Waals surface area contributed by atoms with Gasteiger partial charge in [-0.1, -0.05) is 29.5 Å². The third-order valence-corrected chi connectivity index (χ3v) is 2.82. The minimum Gasteiger partial charge on any atom is -0.381 e. The van der Waals surface area contributed by atoms with E-state index in [1.165, 1.54) is 0 Å². The molecule has 3 nitrogen and oxygen atoms in total. The zero-order chi connectivity index (χ0) is 10.2. The zero-order valence-electron chi connectivity index (χ0n) is 8.71. The Morgan fingerprint density at radius 2 is 2.00 bits per heavy atom. The lowest BCUT2D eigenvalue weighted by Gasteiger charge is -2.27. The smallest absolute Gasteiger partial charge is 0.159 e. The Labute approximate surface area is 99.6 Å². The van der Waals surface area contributed by atoms with Crippen molar-refractivity contribution in [1.82, 2.24) is 0 Å². The largest absolute Gasteiger partial charge is 0.381 e. The normalized spacial score (nSPS) is 27.9. The van der Waals surface area contributed by atoms with Crippen molar-refractivity contribution < 1.29 is 14.2 Å². The van der Waals surface area contributed by atoms with Crippen LogP contribution >= 0.6 is 22.6 Å². The highest BCUT2D eigenvalue weighted by Crippen LogP contribution is 2.12. The molecule has 0 saturated carbocycles. The summed E-state index contributed by atoms with van der Waals surface area (Å²) in [6.45, 7) is 5.37. The van der Waals surface area contributed by atoms with Crippen molar-refractivity contribution in [3.63, 3.8) is 0 Å². The monoisotopic (exact) mass is 314 g/mol. The van der Waals surface area contributed by atoms with Crippen LogP contribution in [0.3, 0.4) is 0 Å². The number of ether oxygens (including phenoxy) is 3. The van der Waals surface area contributed by atoms with Gasteiger partial charge in [-0.2, -0.15) is 0 Å². The first-order valence-electron chi connectivity index (χ1n) is 5.20. The molecule has 0 amide bonds. The second-order valence-electron chi connectivity index (χ2n) is 3.64. The van der Waals surface area contributed by atoms with E-state index in [0.717, 1.165) is 43.7 Å². The van der Waals surface area contributed by atoms with E-state index in [1.807, 2.05) is 0 Å². The molecule has 14 heavy (non-hydrogen) atoms. The lowest BCUT2D eigenvalue weighted by atomic mass is 10.2. The van der Waals surface area contributed by atoms with E-state index in [1.54, 1.807) is 0 Å². The van der Waals surface area contributed by atoms with Crippen LogP contribution in [0, 0.1) is 5.92 Å². The summed E-state index contributed by atoms with van der Waals surface area (Å²) < 4.78 is 17.6.